The van der Waals surface area contributed by atoms with Gasteiger partial charge in [0.05, 0.1) is 0 Å². The average Bonchev–Trinajstić information content (AvgIpc) is 3.30. The summed E-state index contributed by atoms with van der Waals surface area (Å²) in [4.78, 5) is 35.6. The summed E-state index contributed by atoms with van der Waals surface area (Å²) in [5, 5.41) is 14.5. The summed E-state index contributed by atoms with van der Waals surface area (Å²) in [7, 11) is 0. The molecule has 8 heteroatoms. The third-order valence-electron chi connectivity index (χ3n) is 6.30. The second-order valence-corrected chi connectivity index (χ2v) is 8.87. The van der Waals surface area contributed by atoms with E-state index in [1.165, 1.54) is 22.3 Å². The van der Waals surface area contributed by atoms with E-state index in [4.69, 9.17) is 9.47 Å². The molecule has 3 N–H and O–H groups in total. The van der Waals surface area contributed by atoms with Crippen LogP contribution in [-0.4, -0.2) is 35.8 Å². The van der Waals surface area contributed by atoms with Crippen molar-refractivity contribution in [2.45, 2.75) is 44.9 Å². The number of carboxylic acid groups (broad SMARTS) is 1. The first-order valence-electron chi connectivity index (χ1n) is 12.3. The number of rotatable bonds is 11. The van der Waals surface area contributed by atoms with E-state index in [1.54, 1.807) is 0 Å². The second-order valence-electron chi connectivity index (χ2n) is 8.87. The maximum absolute atomic E-state index is 12.2. The molecular weight excluding hydrogens is 472 g/mol. The van der Waals surface area contributed by atoms with Crippen molar-refractivity contribution in [2.75, 3.05) is 6.54 Å². The minimum absolute atomic E-state index is 0.0593. The van der Waals surface area contributed by atoms with Gasteiger partial charge in [0.25, 0.3) is 0 Å². The topological polar surface area (TPSA) is 114 Å². The summed E-state index contributed by atoms with van der Waals surface area (Å²) < 4.78 is 10.5. The van der Waals surface area contributed by atoms with Gasteiger partial charge in [-0.2, -0.15) is 0 Å². The van der Waals surface area contributed by atoms with Crippen LogP contribution in [0.4, 0.5) is 9.59 Å². The number of hydrogen-bond donors (Lipinski definition) is 3. The lowest BCUT2D eigenvalue weighted by atomic mass is 10.0. The molecule has 0 spiro atoms. The Hall–Kier alpha value is -4.33. The predicted octanol–water partition coefficient (Wildman–Crippen LogP) is 5.03. The molecule has 3 aromatic carbocycles. The van der Waals surface area contributed by atoms with Gasteiger partial charge in [0, 0.05) is 6.54 Å². The quantitative estimate of drug-likeness (QED) is 0.248. The fourth-order valence-corrected chi connectivity index (χ4v) is 4.38. The molecule has 4 rings (SSSR count). The second kappa shape index (κ2) is 12.6. The van der Waals surface area contributed by atoms with Gasteiger partial charge >= 0.3 is 18.2 Å². The number of aliphatic carboxylic acids is 1. The summed E-state index contributed by atoms with van der Waals surface area (Å²) in [6.45, 7) is 0.574. The SMILES string of the molecule is O=C(NCCCC[C@@H](NC(=O)OCc1ccccc1)C(=O)O)OCc1cccc2c1Cc1ccccc1-2. The molecule has 0 radical (unpaired) electrons. The molecule has 0 bridgehead atoms. The summed E-state index contributed by atoms with van der Waals surface area (Å²) in [6.07, 6.45) is 0.754. The molecule has 3 aromatic rings. The first kappa shape index (κ1) is 25.8. The van der Waals surface area contributed by atoms with Crippen LogP contribution in [0.5, 0.6) is 0 Å². The number of alkyl carbamates (subject to hydrolysis) is 2. The van der Waals surface area contributed by atoms with Crippen LogP contribution < -0.4 is 10.6 Å². The molecule has 0 aromatic heterocycles. The maximum Gasteiger partial charge on any atom is 0.408 e. The summed E-state index contributed by atoms with van der Waals surface area (Å²) in [5.41, 5.74) is 6.66. The van der Waals surface area contributed by atoms with Crippen LogP contribution in [0.1, 0.15) is 41.5 Å². The lowest BCUT2D eigenvalue weighted by molar-refractivity contribution is -0.139. The van der Waals surface area contributed by atoms with Gasteiger partial charge in [-0.05, 0) is 59.1 Å². The number of unbranched alkanes of at least 4 members (excludes halogenated alkanes) is 1. The van der Waals surface area contributed by atoms with Crippen molar-refractivity contribution < 1.29 is 29.0 Å². The van der Waals surface area contributed by atoms with Crippen LogP contribution in [0.2, 0.25) is 0 Å². The summed E-state index contributed by atoms with van der Waals surface area (Å²) in [5.74, 6) is -1.14. The van der Waals surface area contributed by atoms with Crippen molar-refractivity contribution in [3.8, 4) is 11.1 Å². The zero-order valence-corrected chi connectivity index (χ0v) is 20.4. The first-order valence-corrected chi connectivity index (χ1v) is 12.3. The van der Waals surface area contributed by atoms with Crippen molar-refractivity contribution in [1.82, 2.24) is 10.6 Å². The van der Waals surface area contributed by atoms with E-state index in [2.05, 4.69) is 28.8 Å². The highest BCUT2D eigenvalue weighted by Gasteiger charge is 2.22. The Morgan fingerprint density at radius 1 is 0.811 bits per heavy atom. The molecule has 37 heavy (non-hydrogen) atoms. The largest absolute Gasteiger partial charge is 0.480 e. The van der Waals surface area contributed by atoms with E-state index in [0.717, 1.165) is 17.5 Å². The maximum atomic E-state index is 12.2. The van der Waals surface area contributed by atoms with Gasteiger partial charge in [-0.3, -0.25) is 0 Å². The van der Waals surface area contributed by atoms with Crippen molar-refractivity contribution in [1.29, 1.82) is 0 Å². The predicted molar refractivity (Wildman–Crippen MR) is 138 cm³/mol. The van der Waals surface area contributed by atoms with Gasteiger partial charge in [-0.25, -0.2) is 14.4 Å². The normalized spacial score (nSPS) is 12.1. The highest BCUT2D eigenvalue weighted by atomic mass is 16.6. The number of fused-ring (bicyclic) bond motifs is 3. The van der Waals surface area contributed by atoms with E-state index < -0.39 is 24.2 Å². The minimum Gasteiger partial charge on any atom is -0.480 e. The van der Waals surface area contributed by atoms with Crippen molar-refractivity contribution in [3.63, 3.8) is 0 Å². The molecule has 0 saturated carbocycles. The molecule has 1 aliphatic carbocycles. The smallest absolute Gasteiger partial charge is 0.408 e. The molecule has 1 aliphatic rings. The fourth-order valence-electron chi connectivity index (χ4n) is 4.38. The average molecular weight is 503 g/mol. The Kier molecular flexibility index (Phi) is 8.75. The van der Waals surface area contributed by atoms with E-state index in [-0.39, 0.29) is 19.6 Å². The molecule has 0 heterocycles. The minimum atomic E-state index is -1.14. The number of carbonyl (C=O) groups is 3. The zero-order valence-electron chi connectivity index (χ0n) is 20.4. The van der Waals surface area contributed by atoms with Gasteiger partial charge in [-0.15, -0.1) is 0 Å². The molecule has 1 atom stereocenters. The summed E-state index contributed by atoms with van der Waals surface area (Å²) in [6, 6.07) is 22.4. The van der Waals surface area contributed by atoms with Crippen molar-refractivity contribution in [3.05, 3.63) is 95.1 Å². The molecule has 2 amide bonds. The number of carboxylic acids is 1. The van der Waals surface area contributed by atoms with Gasteiger partial charge < -0.3 is 25.2 Å². The standard InChI is InChI=1S/C29H30N2O6/c32-27(33)26(31-29(35)36-18-20-9-2-1-3-10-20)15-6-7-16-30-28(34)37-19-22-12-8-14-24-23-13-5-4-11-21(23)17-25(22)24/h1-5,8-14,26H,6-7,15-19H2,(H,30,34)(H,31,35)(H,32,33)/t26-/m1/s1. The van der Waals surface area contributed by atoms with E-state index in [1.807, 2.05) is 54.6 Å². The number of hydrogen-bond acceptors (Lipinski definition) is 5. The Morgan fingerprint density at radius 2 is 1.54 bits per heavy atom. The highest BCUT2D eigenvalue weighted by molar-refractivity contribution is 5.80. The van der Waals surface area contributed by atoms with E-state index in [9.17, 15) is 19.5 Å². The van der Waals surface area contributed by atoms with E-state index in [0.29, 0.717) is 19.4 Å². The van der Waals surface area contributed by atoms with Crippen LogP contribution in [0.25, 0.3) is 11.1 Å². The first-order chi connectivity index (χ1) is 18.0. The molecular formula is C29H30N2O6. The molecule has 0 aliphatic heterocycles. The van der Waals surface area contributed by atoms with Crippen LogP contribution >= 0.6 is 0 Å². The Bertz CT molecular complexity index is 1240. The molecule has 8 nitrogen and oxygen atoms in total. The van der Waals surface area contributed by atoms with Gasteiger partial charge in [0.1, 0.15) is 19.3 Å². The zero-order chi connectivity index (χ0) is 26.0. The Morgan fingerprint density at radius 3 is 2.35 bits per heavy atom. The number of benzene rings is 3. The van der Waals surface area contributed by atoms with Crippen LogP contribution in [-0.2, 0) is 33.9 Å². The van der Waals surface area contributed by atoms with E-state index >= 15 is 0 Å². The van der Waals surface area contributed by atoms with Crippen LogP contribution in [0.15, 0.2) is 72.8 Å². The summed E-state index contributed by atoms with van der Waals surface area (Å²) >= 11 is 0. The number of amides is 2. The fraction of sp³-hybridized carbons (Fsp3) is 0.276. The van der Waals surface area contributed by atoms with Crippen LogP contribution in [0, 0.1) is 0 Å². The lowest BCUT2D eigenvalue weighted by Gasteiger charge is -2.15. The third-order valence-corrected chi connectivity index (χ3v) is 6.30. The van der Waals surface area contributed by atoms with Gasteiger partial charge in [0.2, 0.25) is 0 Å². The molecule has 0 unspecified atom stereocenters. The van der Waals surface area contributed by atoms with Crippen LogP contribution in [0.3, 0.4) is 0 Å². The third kappa shape index (κ3) is 7.10. The van der Waals surface area contributed by atoms with Gasteiger partial charge in [-0.1, -0.05) is 72.8 Å². The van der Waals surface area contributed by atoms with Crippen molar-refractivity contribution in [2.24, 2.45) is 0 Å². The van der Waals surface area contributed by atoms with Gasteiger partial charge in [0.15, 0.2) is 0 Å². The number of ether oxygens (including phenoxy) is 2. The number of carbonyl (C=O) groups excluding carboxylic acids is 2. The Balaban J connectivity index is 1.14. The number of nitrogens with one attached hydrogen (secondary N) is 2. The Labute approximate surface area is 215 Å². The molecule has 0 saturated heterocycles. The lowest BCUT2D eigenvalue weighted by Crippen LogP contribution is -2.41. The highest BCUT2D eigenvalue weighted by Crippen LogP contribution is 2.38. The monoisotopic (exact) mass is 502 g/mol. The molecule has 192 valence electrons. The molecule has 0 fully saturated rings. The van der Waals surface area contributed by atoms with Crippen molar-refractivity contribution >= 4 is 18.2 Å².